The Morgan fingerprint density at radius 3 is 2.77 bits per heavy atom. The molecule has 4 nitrogen and oxygen atoms in total. The highest BCUT2D eigenvalue weighted by atomic mass is 79.9. The van der Waals surface area contributed by atoms with Crippen molar-refractivity contribution in [1.82, 2.24) is 0 Å². The first-order chi connectivity index (χ1) is 10.6. The van der Waals surface area contributed by atoms with Gasteiger partial charge < -0.3 is 14.6 Å². The molecule has 0 unspecified atom stereocenters. The molecule has 0 amide bonds. The molecule has 0 bridgehead atoms. The number of rotatable bonds is 6. The maximum atomic E-state index is 11.6. The molecular formula is C16H15BrO4S. The maximum absolute atomic E-state index is 11.6. The van der Waals surface area contributed by atoms with E-state index in [0.717, 1.165) is 4.47 Å². The zero-order chi connectivity index (χ0) is 16.1. The summed E-state index contributed by atoms with van der Waals surface area (Å²) < 4.78 is 11.7. The van der Waals surface area contributed by atoms with Gasteiger partial charge in [0.05, 0.1) is 19.3 Å². The van der Waals surface area contributed by atoms with Gasteiger partial charge in [0.1, 0.15) is 0 Å². The Balaban J connectivity index is 2.61. The zero-order valence-corrected chi connectivity index (χ0v) is 14.5. The van der Waals surface area contributed by atoms with Crippen molar-refractivity contribution in [3.05, 3.63) is 44.6 Å². The highest BCUT2D eigenvalue weighted by molar-refractivity contribution is 9.10. The molecule has 0 saturated heterocycles. The zero-order valence-electron chi connectivity index (χ0n) is 12.1. The second kappa shape index (κ2) is 7.47. The number of methoxy groups -OCH3 is 1. The lowest BCUT2D eigenvalue weighted by atomic mass is 10.1. The molecule has 116 valence electrons. The molecule has 2 aromatic rings. The number of benzene rings is 1. The lowest BCUT2D eigenvalue weighted by Gasteiger charge is -2.13. The SMILES string of the molecule is CCOc1c(/C=C(\C(=O)O)c2cccs2)cc(Br)cc1OC. The Kier molecular flexibility index (Phi) is 5.63. The van der Waals surface area contributed by atoms with E-state index in [-0.39, 0.29) is 5.57 Å². The fourth-order valence-corrected chi connectivity index (χ4v) is 3.16. The third kappa shape index (κ3) is 3.69. The number of carbonyl (C=O) groups is 1. The summed E-state index contributed by atoms with van der Waals surface area (Å²) in [5, 5.41) is 11.3. The lowest BCUT2D eigenvalue weighted by Crippen LogP contribution is -2.01. The van der Waals surface area contributed by atoms with Crippen LogP contribution in [0.2, 0.25) is 0 Å². The van der Waals surface area contributed by atoms with Crippen molar-refractivity contribution < 1.29 is 19.4 Å². The molecule has 1 N–H and O–H groups in total. The van der Waals surface area contributed by atoms with Crippen LogP contribution in [0.1, 0.15) is 17.4 Å². The van der Waals surface area contributed by atoms with Gasteiger partial charge in [-0.2, -0.15) is 0 Å². The van der Waals surface area contributed by atoms with Gasteiger partial charge in [0.2, 0.25) is 0 Å². The fraction of sp³-hybridized carbons (Fsp3) is 0.188. The summed E-state index contributed by atoms with van der Waals surface area (Å²) in [5.41, 5.74) is 0.870. The van der Waals surface area contributed by atoms with E-state index in [2.05, 4.69) is 15.9 Å². The Bertz CT molecular complexity index is 692. The van der Waals surface area contributed by atoms with E-state index in [1.54, 1.807) is 25.3 Å². The fourth-order valence-electron chi connectivity index (χ4n) is 1.97. The molecule has 0 aliphatic heterocycles. The van der Waals surface area contributed by atoms with Gasteiger partial charge in [0, 0.05) is 14.9 Å². The Morgan fingerprint density at radius 1 is 1.45 bits per heavy atom. The van der Waals surface area contributed by atoms with Crippen LogP contribution >= 0.6 is 27.3 Å². The van der Waals surface area contributed by atoms with Gasteiger partial charge in [-0.25, -0.2) is 4.79 Å². The van der Waals surface area contributed by atoms with Gasteiger partial charge in [-0.05, 0) is 36.6 Å². The number of hydrogen-bond donors (Lipinski definition) is 1. The lowest BCUT2D eigenvalue weighted by molar-refractivity contribution is -0.130. The third-order valence-electron chi connectivity index (χ3n) is 2.87. The highest BCUT2D eigenvalue weighted by Gasteiger charge is 2.16. The van der Waals surface area contributed by atoms with Crippen LogP contribution in [0.4, 0.5) is 0 Å². The predicted molar refractivity (Wildman–Crippen MR) is 91.7 cm³/mol. The highest BCUT2D eigenvalue weighted by Crippen LogP contribution is 2.37. The molecule has 6 heteroatoms. The van der Waals surface area contributed by atoms with Gasteiger partial charge in [-0.3, -0.25) is 0 Å². The van der Waals surface area contributed by atoms with Gasteiger partial charge >= 0.3 is 5.97 Å². The number of ether oxygens (including phenoxy) is 2. The normalized spacial score (nSPS) is 11.3. The topological polar surface area (TPSA) is 55.8 Å². The van der Waals surface area contributed by atoms with E-state index in [9.17, 15) is 9.90 Å². The number of carboxylic acids is 1. The van der Waals surface area contributed by atoms with E-state index in [1.165, 1.54) is 11.3 Å². The third-order valence-corrected chi connectivity index (χ3v) is 4.23. The first-order valence-electron chi connectivity index (χ1n) is 6.56. The quantitative estimate of drug-likeness (QED) is 0.744. The molecule has 1 aromatic carbocycles. The van der Waals surface area contributed by atoms with Crippen LogP contribution in [-0.4, -0.2) is 24.8 Å². The minimum absolute atomic E-state index is 0.219. The van der Waals surface area contributed by atoms with Gasteiger partial charge in [0.15, 0.2) is 11.5 Å². The van der Waals surface area contributed by atoms with E-state index >= 15 is 0 Å². The van der Waals surface area contributed by atoms with Crippen LogP contribution in [0.3, 0.4) is 0 Å². The minimum atomic E-state index is -0.983. The summed E-state index contributed by atoms with van der Waals surface area (Å²) in [6, 6.07) is 7.19. The van der Waals surface area contributed by atoms with Crippen LogP contribution in [0.15, 0.2) is 34.1 Å². The second-order valence-corrected chi connectivity index (χ2v) is 6.16. The molecule has 0 saturated carbocycles. The van der Waals surface area contributed by atoms with Crippen LogP contribution < -0.4 is 9.47 Å². The van der Waals surface area contributed by atoms with Crippen molar-refractivity contribution >= 4 is 44.9 Å². The average molecular weight is 383 g/mol. The minimum Gasteiger partial charge on any atom is -0.493 e. The van der Waals surface area contributed by atoms with Crippen molar-refractivity contribution in [3.8, 4) is 11.5 Å². The van der Waals surface area contributed by atoms with Gasteiger partial charge in [-0.1, -0.05) is 22.0 Å². The summed E-state index contributed by atoms with van der Waals surface area (Å²) >= 11 is 4.78. The standard InChI is InChI=1S/C16H15BrO4S/c1-3-21-15-10(7-11(17)9-13(15)20-2)8-12(16(18)19)14-5-4-6-22-14/h4-9H,3H2,1-2H3,(H,18,19)/b12-8-. The molecule has 0 fully saturated rings. The van der Waals surface area contributed by atoms with Crippen molar-refractivity contribution in [1.29, 1.82) is 0 Å². The molecule has 0 aliphatic carbocycles. The van der Waals surface area contributed by atoms with Crippen LogP contribution in [-0.2, 0) is 4.79 Å². The average Bonchev–Trinajstić information content (AvgIpc) is 3.00. The van der Waals surface area contributed by atoms with E-state index in [0.29, 0.717) is 28.5 Å². The van der Waals surface area contributed by atoms with Gasteiger partial charge in [-0.15, -0.1) is 11.3 Å². The van der Waals surface area contributed by atoms with Crippen LogP contribution in [0.25, 0.3) is 11.6 Å². The summed E-state index contributed by atoms with van der Waals surface area (Å²) in [6.07, 6.45) is 1.60. The largest absolute Gasteiger partial charge is 0.493 e. The monoisotopic (exact) mass is 382 g/mol. The number of thiophene rings is 1. The smallest absolute Gasteiger partial charge is 0.337 e. The van der Waals surface area contributed by atoms with E-state index in [1.807, 2.05) is 24.4 Å². The first-order valence-corrected chi connectivity index (χ1v) is 8.23. The predicted octanol–water partition coefficient (Wildman–Crippen LogP) is 4.54. The Labute approximate surface area is 141 Å². The molecule has 0 aliphatic rings. The molecule has 0 spiro atoms. The Morgan fingerprint density at radius 2 is 2.23 bits per heavy atom. The van der Waals surface area contributed by atoms with Crippen molar-refractivity contribution in [2.24, 2.45) is 0 Å². The molecular weight excluding hydrogens is 368 g/mol. The number of carboxylic acid groups (broad SMARTS) is 1. The number of aliphatic carboxylic acids is 1. The van der Waals surface area contributed by atoms with Gasteiger partial charge in [0.25, 0.3) is 0 Å². The van der Waals surface area contributed by atoms with Crippen molar-refractivity contribution in [2.45, 2.75) is 6.92 Å². The Hall–Kier alpha value is -1.79. The van der Waals surface area contributed by atoms with Crippen molar-refractivity contribution in [3.63, 3.8) is 0 Å². The molecule has 0 atom stereocenters. The summed E-state index contributed by atoms with van der Waals surface area (Å²) in [4.78, 5) is 12.3. The van der Waals surface area contributed by atoms with E-state index < -0.39 is 5.97 Å². The second-order valence-electron chi connectivity index (χ2n) is 4.30. The molecule has 0 radical (unpaired) electrons. The molecule has 1 heterocycles. The molecule has 1 aromatic heterocycles. The van der Waals surface area contributed by atoms with Crippen molar-refractivity contribution in [2.75, 3.05) is 13.7 Å². The maximum Gasteiger partial charge on any atom is 0.337 e. The summed E-state index contributed by atoms with van der Waals surface area (Å²) in [6.45, 7) is 2.33. The molecule has 2 rings (SSSR count). The summed E-state index contributed by atoms with van der Waals surface area (Å²) in [5.74, 6) is 0.103. The number of hydrogen-bond acceptors (Lipinski definition) is 4. The van der Waals surface area contributed by atoms with Crippen LogP contribution in [0.5, 0.6) is 11.5 Å². The summed E-state index contributed by atoms with van der Waals surface area (Å²) in [7, 11) is 1.55. The van der Waals surface area contributed by atoms with E-state index in [4.69, 9.17) is 9.47 Å². The number of halogens is 1. The van der Waals surface area contributed by atoms with Crippen LogP contribution in [0, 0.1) is 0 Å². The first kappa shape index (κ1) is 16.6. The molecule has 22 heavy (non-hydrogen) atoms.